The molecule has 0 aliphatic heterocycles. The summed E-state index contributed by atoms with van der Waals surface area (Å²) in [4.78, 5) is 11.3. The van der Waals surface area contributed by atoms with E-state index in [1.165, 1.54) is 25.3 Å². The highest BCUT2D eigenvalue weighted by molar-refractivity contribution is 5.91. The van der Waals surface area contributed by atoms with Crippen LogP contribution in [0.4, 0.5) is 0 Å². The lowest BCUT2D eigenvalue weighted by atomic mass is 10.1. The topological polar surface area (TPSA) is 82.7 Å². The van der Waals surface area contributed by atoms with E-state index in [4.69, 9.17) is 9.52 Å². The fourth-order valence-electron chi connectivity index (χ4n) is 0.936. The van der Waals surface area contributed by atoms with Crippen LogP contribution in [-0.2, 0) is 4.79 Å². The van der Waals surface area contributed by atoms with Crippen LogP contribution in [0.5, 0.6) is 0 Å². The third-order valence-electron chi connectivity index (χ3n) is 1.93. The molecule has 1 amide bonds. The van der Waals surface area contributed by atoms with Crippen molar-refractivity contribution in [3.05, 3.63) is 30.2 Å². The van der Waals surface area contributed by atoms with Crippen molar-refractivity contribution in [3.63, 3.8) is 0 Å². The molecule has 1 aromatic rings. The quantitative estimate of drug-likeness (QED) is 0.623. The summed E-state index contributed by atoms with van der Waals surface area (Å²) in [5.41, 5.74) is -1.30. The summed E-state index contributed by atoms with van der Waals surface area (Å²) in [6, 6.07) is 3.43. The van der Waals surface area contributed by atoms with Gasteiger partial charge in [0.05, 0.1) is 12.9 Å². The Morgan fingerprint density at radius 3 is 3.00 bits per heavy atom. The number of nitrogens with one attached hydrogen (secondary N) is 1. The molecule has 16 heavy (non-hydrogen) atoms. The zero-order valence-electron chi connectivity index (χ0n) is 9.01. The van der Waals surface area contributed by atoms with Gasteiger partial charge in [0.25, 0.3) is 0 Å². The Bertz CT molecular complexity index is 354. The maximum Gasteiger partial charge on any atom is 0.244 e. The van der Waals surface area contributed by atoms with E-state index in [-0.39, 0.29) is 12.5 Å². The monoisotopic (exact) mass is 225 g/mol. The number of aliphatic hydroxyl groups is 2. The summed E-state index contributed by atoms with van der Waals surface area (Å²) in [7, 11) is 0. The van der Waals surface area contributed by atoms with Crippen molar-refractivity contribution in [3.8, 4) is 0 Å². The Kier molecular flexibility index (Phi) is 4.28. The van der Waals surface area contributed by atoms with Crippen molar-refractivity contribution in [2.45, 2.75) is 12.5 Å². The molecular formula is C11H15NO4. The maximum atomic E-state index is 11.3. The summed E-state index contributed by atoms with van der Waals surface area (Å²) in [5, 5.41) is 20.6. The fourth-order valence-corrected chi connectivity index (χ4v) is 0.936. The summed E-state index contributed by atoms with van der Waals surface area (Å²) in [6.45, 7) is 1.02. The molecule has 0 radical (unpaired) electrons. The van der Waals surface area contributed by atoms with Gasteiger partial charge in [0.1, 0.15) is 11.4 Å². The van der Waals surface area contributed by atoms with E-state index < -0.39 is 12.2 Å². The lowest BCUT2D eigenvalue weighted by molar-refractivity contribution is -0.117. The zero-order chi connectivity index (χ0) is 12.0. The van der Waals surface area contributed by atoms with E-state index in [1.807, 2.05) is 0 Å². The molecule has 1 rings (SSSR count). The average Bonchev–Trinajstić information content (AvgIpc) is 2.76. The number of hydrogen-bond acceptors (Lipinski definition) is 4. The Morgan fingerprint density at radius 1 is 1.69 bits per heavy atom. The standard InChI is InChI=1S/C11H15NO4/c1-11(15,8-13)7-12-10(14)5-4-9-3-2-6-16-9/h2-6,13,15H,7-8H2,1H3,(H,12,14). The lowest BCUT2D eigenvalue weighted by Crippen LogP contribution is -2.42. The van der Waals surface area contributed by atoms with E-state index in [1.54, 1.807) is 12.1 Å². The predicted molar refractivity (Wildman–Crippen MR) is 58.5 cm³/mol. The number of carbonyl (C=O) groups excluding carboxylic acids is 1. The van der Waals surface area contributed by atoms with Gasteiger partial charge in [-0.2, -0.15) is 0 Å². The van der Waals surface area contributed by atoms with Crippen molar-refractivity contribution in [2.24, 2.45) is 0 Å². The van der Waals surface area contributed by atoms with Crippen molar-refractivity contribution >= 4 is 12.0 Å². The molecular weight excluding hydrogens is 210 g/mol. The van der Waals surface area contributed by atoms with Gasteiger partial charge in [-0.25, -0.2) is 0 Å². The van der Waals surface area contributed by atoms with Crippen LogP contribution in [0.25, 0.3) is 6.08 Å². The first-order valence-corrected chi connectivity index (χ1v) is 4.86. The molecule has 1 unspecified atom stereocenters. The lowest BCUT2D eigenvalue weighted by Gasteiger charge is -2.19. The first-order valence-electron chi connectivity index (χ1n) is 4.86. The van der Waals surface area contributed by atoms with Gasteiger partial charge in [0, 0.05) is 12.6 Å². The summed E-state index contributed by atoms with van der Waals surface area (Å²) >= 11 is 0. The van der Waals surface area contributed by atoms with Crippen LogP contribution in [0, 0.1) is 0 Å². The molecule has 0 aliphatic rings. The molecule has 0 saturated carbocycles. The van der Waals surface area contributed by atoms with Crippen molar-refractivity contribution < 1.29 is 19.4 Å². The molecule has 0 fully saturated rings. The molecule has 1 atom stereocenters. The Morgan fingerprint density at radius 2 is 2.44 bits per heavy atom. The SMILES string of the molecule is CC(O)(CO)CNC(=O)C=Cc1ccco1. The average molecular weight is 225 g/mol. The zero-order valence-corrected chi connectivity index (χ0v) is 9.01. The van der Waals surface area contributed by atoms with Crippen LogP contribution in [0.1, 0.15) is 12.7 Å². The number of furan rings is 1. The maximum absolute atomic E-state index is 11.3. The smallest absolute Gasteiger partial charge is 0.244 e. The second-order valence-electron chi connectivity index (χ2n) is 3.72. The molecule has 0 aromatic carbocycles. The third kappa shape index (κ3) is 4.29. The molecule has 88 valence electrons. The largest absolute Gasteiger partial charge is 0.465 e. The second kappa shape index (κ2) is 5.48. The number of carbonyl (C=O) groups is 1. The number of rotatable bonds is 5. The highest BCUT2D eigenvalue weighted by atomic mass is 16.3. The fraction of sp³-hybridized carbons (Fsp3) is 0.364. The number of aliphatic hydroxyl groups excluding tert-OH is 1. The second-order valence-corrected chi connectivity index (χ2v) is 3.72. The van der Waals surface area contributed by atoms with Gasteiger partial charge in [0.15, 0.2) is 0 Å². The van der Waals surface area contributed by atoms with Gasteiger partial charge >= 0.3 is 0 Å². The normalized spacial score (nSPS) is 14.9. The van der Waals surface area contributed by atoms with E-state index >= 15 is 0 Å². The van der Waals surface area contributed by atoms with E-state index in [0.29, 0.717) is 5.76 Å². The Labute approximate surface area is 93.4 Å². The van der Waals surface area contributed by atoms with Crippen LogP contribution in [0.15, 0.2) is 28.9 Å². The van der Waals surface area contributed by atoms with Gasteiger partial charge in [-0.05, 0) is 25.1 Å². The molecule has 1 aromatic heterocycles. The van der Waals surface area contributed by atoms with E-state index in [0.717, 1.165) is 0 Å². The predicted octanol–water partition coefficient (Wildman–Crippen LogP) is 0.152. The summed E-state index contributed by atoms with van der Waals surface area (Å²) < 4.78 is 4.99. The minimum absolute atomic E-state index is 0.00910. The molecule has 3 N–H and O–H groups in total. The van der Waals surface area contributed by atoms with Crippen molar-refractivity contribution in [1.29, 1.82) is 0 Å². The van der Waals surface area contributed by atoms with Gasteiger partial charge in [-0.15, -0.1) is 0 Å². The molecule has 5 heteroatoms. The van der Waals surface area contributed by atoms with Gasteiger partial charge < -0.3 is 19.9 Å². The highest BCUT2D eigenvalue weighted by Crippen LogP contribution is 2.02. The molecule has 0 saturated heterocycles. The minimum atomic E-state index is -1.30. The van der Waals surface area contributed by atoms with Gasteiger partial charge in [0.2, 0.25) is 5.91 Å². The van der Waals surface area contributed by atoms with Crippen molar-refractivity contribution in [1.82, 2.24) is 5.32 Å². The molecule has 0 bridgehead atoms. The molecule has 5 nitrogen and oxygen atoms in total. The molecule has 0 spiro atoms. The number of hydrogen-bond donors (Lipinski definition) is 3. The van der Waals surface area contributed by atoms with Gasteiger partial charge in [-0.3, -0.25) is 4.79 Å². The number of amides is 1. The van der Waals surface area contributed by atoms with Crippen LogP contribution >= 0.6 is 0 Å². The Hall–Kier alpha value is -1.59. The first-order chi connectivity index (χ1) is 7.53. The first kappa shape index (κ1) is 12.5. The summed E-state index contributed by atoms with van der Waals surface area (Å²) in [6.07, 6.45) is 4.32. The van der Waals surface area contributed by atoms with Crippen LogP contribution < -0.4 is 5.32 Å². The minimum Gasteiger partial charge on any atom is -0.465 e. The van der Waals surface area contributed by atoms with E-state index in [2.05, 4.69) is 5.32 Å². The molecule has 0 aliphatic carbocycles. The van der Waals surface area contributed by atoms with Crippen molar-refractivity contribution in [2.75, 3.05) is 13.2 Å². The van der Waals surface area contributed by atoms with Crippen LogP contribution in [0.3, 0.4) is 0 Å². The molecule has 1 heterocycles. The summed E-state index contributed by atoms with van der Waals surface area (Å²) in [5.74, 6) is 0.217. The van der Waals surface area contributed by atoms with Crippen LogP contribution in [-0.4, -0.2) is 34.9 Å². The van der Waals surface area contributed by atoms with Gasteiger partial charge in [-0.1, -0.05) is 0 Å². The van der Waals surface area contributed by atoms with Crippen LogP contribution in [0.2, 0.25) is 0 Å². The van der Waals surface area contributed by atoms with E-state index in [9.17, 15) is 9.90 Å². The third-order valence-corrected chi connectivity index (χ3v) is 1.93. The highest BCUT2D eigenvalue weighted by Gasteiger charge is 2.18. The Balaban J connectivity index is 2.37.